The Labute approximate surface area is 182 Å². The number of fused-ring (bicyclic) bond motifs is 2. The molecule has 2 aromatic heterocycles. The largest absolute Gasteiger partial charge is 0.365 e. The summed E-state index contributed by atoms with van der Waals surface area (Å²) < 4.78 is 0.838. The van der Waals surface area contributed by atoms with Gasteiger partial charge in [-0.1, -0.05) is 36.4 Å². The number of anilines is 2. The van der Waals surface area contributed by atoms with Crippen LogP contribution in [0.5, 0.6) is 0 Å². The Hall–Kier alpha value is -3.72. The van der Waals surface area contributed by atoms with Crippen molar-refractivity contribution >= 4 is 55.8 Å². The molecule has 0 radical (unpaired) electrons. The number of hydrogen-bond acceptors (Lipinski definition) is 6. The first-order chi connectivity index (χ1) is 15.1. The second kappa shape index (κ2) is 7.84. The lowest BCUT2D eigenvalue weighted by Crippen LogP contribution is -2.50. The number of carbonyl (C=O) groups is 2. The molecule has 3 heterocycles. The monoisotopic (exact) mass is 432 g/mol. The van der Waals surface area contributed by atoms with Gasteiger partial charge in [0.15, 0.2) is 0 Å². The maximum atomic E-state index is 12.9. The highest BCUT2D eigenvalue weighted by Gasteiger charge is 2.24. The molecule has 3 N–H and O–H groups in total. The molecule has 0 aliphatic carbocycles. The van der Waals surface area contributed by atoms with E-state index in [0.717, 1.165) is 27.0 Å². The number of urea groups is 1. The van der Waals surface area contributed by atoms with Crippen LogP contribution in [0.15, 0.2) is 54.9 Å². The number of nitrogens with one attached hydrogen (secondary N) is 1. The molecule has 0 atom stereocenters. The fourth-order valence-electron chi connectivity index (χ4n) is 3.84. The Morgan fingerprint density at radius 1 is 1.00 bits per heavy atom. The smallest absolute Gasteiger partial charge is 0.321 e. The van der Waals surface area contributed by atoms with E-state index in [1.165, 1.54) is 17.7 Å². The second-order valence-corrected chi connectivity index (χ2v) is 8.37. The van der Waals surface area contributed by atoms with Gasteiger partial charge >= 0.3 is 6.03 Å². The number of primary amides is 1. The van der Waals surface area contributed by atoms with Crippen molar-refractivity contribution < 1.29 is 9.59 Å². The van der Waals surface area contributed by atoms with Gasteiger partial charge < -0.3 is 20.9 Å². The first-order valence-electron chi connectivity index (χ1n) is 9.93. The minimum atomic E-state index is -0.469. The van der Waals surface area contributed by atoms with Crippen LogP contribution >= 0.6 is 11.3 Å². The van der Waals surface area contributed by atoms with Gasteiger partial charge in [-0.15, -0.1) is 11.3 Å². The zero-order valence-electron chi connectivity index (χ0n) is 16.6. The van der Waals surface area contributed by atoms with Gasteiger partial charge in [0.05, 0.1) is 20.8 Å². The van der Waals surface area contributed by atoms with Crippen LogP contribution in [-0.4, -0.2) is 53.0 Å². The Kier molecular flexibility index (Phi) is 4.87. The number of piperazine rings is 1. The topological polar surface area (TPSA) is 104 Å². The highest BCUT2D eigenvalue weighted by molar-refractivity contribution is 7.21. The number of carbonyl (C=O) groups excluding carboxylic acids is 2. The molecule has 156 valence electrons. The highest BCUT2D eigenvalue weighted by Crippen LogP contribution is 2.31. The third-order valence-corrected chi connectivity index (χ3v) is 6.57. The molecule has 9 heteroatoms. The van der Waals surface area contributed by atoms with Crippen molar-refractivity contribution in [2.24, 2.45) is 5.73 Å². The van der Waals surface area contributed by atoms with Crippen LogP contribution in [0.3, 0.4) is 0 Å². The molecule has 5 rings (SSSR count). The summed E-state index contributed by atoms with van der Waals surface area (Å²) in [4.78, 5) is 37.5. The summed E-state index contributed by atoms with van der Waals surface area (Å²) in [5.41, 5.74) is 6.93. The Bertz CT molecular complexity index is 1290. The van der Waals surface area contributed by atoms with Crippen molar-refractivity contribution in [1.82, 2.24) is 14.9 Å². The quantitative estimate of drug-likeness (QED) is 0.517. The lowest BCUT2D eigenvalue weighted by Gasteiger charge is -2.35. The van der Waals surface area contributed by atoms with Crippen molar-refractivity contribution in [1.29, 1.82) is 0 Å². The average molecular weight is 433 g/mol. The maximum absolute atomic E-state index is 12.9. The molecule has 0 saturated carbocycles. The third kappa shape index (κ3) is 3.64. The molecule has 0 spiro atoms. The van der Waals surface area contributed by atoms with Gasteiger partial charge in [-0.25, -0.2) is 14.8 Å². The van der Waals surface area contributed by atoms with Crippen molar-refractivity contribution in [2.45, 2.75) is 0 Å². The summed E-state index contributed by atoms with van der Waals surface area (Å²) in [6.45, 7) is 2.41. The molecule has 0 bridgehead atoms. The fraction of sp³-hybridized carbons (Fsp3) is 0.182. The number of hydrogen-bond donors (Lipinski definition) is 2. The molecule has 8 nitrogen and oxygen atoms in total. The van der Waals surface area contributed by atoms with Gasteiger partial charge in [0.25, 0.3) is 5.91 Å². The van der Waals surface area contributed by atoms with E-state index >= 15 is 0 Å². The van der Waals surface area contributed by atoms with E-state index in [0.29, 0.717) is 36.6 Å². The fourth-order valence-corrected chi connectivity index (χ4v) is 4.82. The summed E-state index contributed by atoms with van der Waals surface area (Å²) in [7, 11) is 0. The van der Waals surface area contributed by atoms with Crippen LogP contribution in [0.2, 0.25) is 0 Å². The molecule has 1 fully saturated rings. The van der Waals surface area contributed by atoms with Crippen molar-refractivity contribution in [2.75, 3.05) is 36.4 Å². The molecule has 4 aromatic rings. The minimum absolute atomic E-state index is 0.115. The van der Waals surface area contributed by atoms with E-state index < -0.39 is 5.91 Å². The average Bonchev–Trinajstić information content (AvgIpc) is 3.24. The molecule has 3 amide bonds. The minimum Gasteiger partial charge on any atom is -0.365 e. The molecule has 1 aliphatic rings. The predicted octanol–water partition coefficient (Wildman–Crippen LogP) is 3.30. The first-order valence-corrected chi connectivity index (χ1v) is 10.7. The van der Waals surface area contributed by atoms with Crippen molar-refractivity contribution in [3.8, 4) is 0 Å². The predicted molar refractivity (Wildman–Crippen MR) is 123 cm³/mol. The Balaban J connectivity index is 1.30. The van der Waals surface area contributed by atoms with E-state index in [2.05, 4.69) is 20.2 Å². The van der Waals surface area contributed by atoms with E-state index in [-0.39, 0.29) is 6.03 Å². The number of nitrogens with two attached hydrogens (primary N) is 1. The summed E-state index contributed by atoms with van der Waals surface area (Å²) in [5.74, 6) is 0.306. The third-order valence-electron chi connectivity index (χ3n) is 5.43. The van der Waals surface area contributed by atoms with Crippen molar-refractivity contribution in [3.05, 3.63) is 59.7 Å². The van der Waals surface area contributed by atoms with Crippen LogP contribution in [0.1, 0.15) is 9.67 Å². The number of rotatable bonds is 3. The van der Waals surface area contributed by atoms with Crippen LogP contribution in [0.4, 0.5) is 16.3 Å². The molecular weight excluding hydrogens is 412 g/mol. The Morgan fingerprint density at radius 2 is 1.77 bits per heavy atom. The summed E-state index contributed by atoms with van der Waals surface area (Å²) in [6, 6.07) is 15.5. The zero-order chi connectivity index (χ0) is 21.4. The number of nitrogens with zero attached hydrogens (tertiary/aromatic N) is 4. The SMILES string of the molecule is NC(=O)c1cc2ncnc(N3CCN(C(=O)Nc4cccc5ccccc45)CC3)c2s1. The normalized spacial score (nSPS) is 14.2. The lowest BCUT2D eigenvalue weighted by molar-refractivity contribution is 0.100. The molecule has 2 aromatic carbocycles. The molecule has 0 unspecified atom stereocenters. The first kappa shape index (κ1) is 19.3. The zero-order valence-corrected chi connectivity index (χ0v) is 17.4. The summed E-state index contributed by atoms with van der Waals surface area (Å²) >= 11 is 1.30. The van der Waals surface area contributed by atoms with Gasteiger partial charge in [-0.05, 0) is 17.5 Å². The van der Waals surface area contributed by atoms with Crippen LogP contribution < -0.4 is 16.0 Å². The van der Waals surface area contributed by atoms with Gasteiger partial charge in [0.1, 0.15) is 12.1 Å². The number of thiophene rings is 1. The van der Waals surface area contributed by atoms with E-state index in [1.54, 1.807) is 11.0 Å². The summed E-state index contributed by atoms with van der Waals surface area (Å²) in [5, 5.41) is 5.15. The number of amides is 3. The summed E-state index contributed by atoms with van der Waals surface area (Å²) in [6.07, 6.45) is 1.49. The van der Waals surface area contributed by atoms with Gasteiger partial charge in [-0.3, -0.25) is 4.79 Å². The van der Waals surface area contributed by atoms with Gasteiger partial charge in [-0.2, -0.15) is 0 Å². The van der Waals surface area contributed by atoms with E-state index in [4.69, 9.17) is 5.73 Å². The molecule has 31 heavy (non-hydrogen) atoms. The standard InChI is InChI=1S/C22H20N6O2S/c23-20(29)18-12-17-19(31-18)21(25-13-24-17)27-8-10-28(11-9-27)22(30)26-16-7-3-5-14-4-1-2-6-15(14)16/h1-7,12-13H,8-11H2,(H2,23,29)(H,26,30). The van der Waals surface area contributed by atoms with Crippen LogP contribution in [0, 0.1) is 0 Å². The molecule has 1 saturated heterocycles. The van der Waals surface area contributed by atoms with E-state index in [9.17, 15) is 9.59 Å². The lowest BCUT2D eigenvalue weighted by atomic mass is 10.1. The maximum Gasteiger partial charge on any atom is 0.321 e. The molecule has 1 aliphatic heterocycles. The highest BCUT2D eigenvalue weighted by atomic mass is 32.1. The van der Waals surface area contributed by atoms with Gasteiger partial charge in [0, 0.05) is 31.6 Å². The Morgan fingerprint density at radius 3 is 2.58 bits per heavy atom. The van der Waals surface area contributed by atoms with E-state index in [1.807, 2.05) is 42.5 Å². The van der Waals surface area contributed by atoms with Crippen molar-refractivity contribution in [3.63, 3.8) is 0 Å². The van der Waals surface area contributed by atoms with Crippen LogP contribution in [-0.2, 0) is 0 Å². The van der Waals surface area contributed by atoms with Crippen LogP contribution in [0.25, 0.3) is 21.0 Å². The van der Waals surface area contributed by atoms with Gasteiger partial charge in [0.2, 0.25) is 0 Å². The second-order valence-electron chi connectivity index (χ2n) is 7.32. The number of benzene rings is 2. The molecular formula is C22H20N6O2S. The number of aromatic nitrogens is 2.